The van der Waals surface area contributed by atoms with E-state index in [4.69, 9.17) is 0 Å². The van der Waals surface area contributed by atoms with Gasteiger partial charge in [-0.2, -0.15) is 8.78 Å². The molecule has 1 aliphatic heterocycles. The Labute approximate surface area is 97.2 Å². The van der Waals surface area contributed by atoms with Gasteiger partial charge in [-0.25, -0.2) is 0 Å². The van der Waals surface area contributed by atoms with Crippen molar-refractivity contribution >= 4 is 11.9 Å². The summed E-state index contributed by atoms with van der Waals surface area (Å²) in [5.74, 6) is -0.929. The molecule has 1 saturated carbocycles. The van der Waals surface area contributed by atoms with Crippen LogP contribution in [0.5, 0.6) is 0 Å². The Morgan fingerprint density at radius 2 is 2.00 bits per heavy atom. The zero-order chi connectivity index (χ0) is 12.6. The molecule has 4 nitrogen and oxygen atoms in total. The minimum Gasteiger partial charge on any atom is -0.468 e. The SMILES string of the molecule is COC(=O)C1(C(=O)N2CCC(=C(F)F)C2)CC1. The number of hydrogen-bond acceptors (Lipinski definition) is 3. The summed E-state index contributed by atoms with van der Waals surface area (Å²) in [6, 6.07) is 0. The second-order valence-electron chi connectivity index (χ2n) is 4.41. The third kappa shape index (κ3) is 1.92. The first-order valence-corrected chi connectivity index (χ1v) is 5.42. The lowest BCUT2D eigenvalue weighted by Gasteiger charge is -2.20. The summed E-state index contributed by atoms with van der Waals surface area (Å²) >= 11 is 0. The molecule has 0 atom stereocenters. The number of rotatable bonds is 2. The Balaban J connectivity index is 2.08. The molecule has 0 radical (unpaired) electrons. The van der Waals surface area contributed by atoms with Crippen molar-refractivity contribution in [1.29, 1.82) is 0 Å². The number of halogens is 2. The van der Waals surface area contributed by atoms with Crippen LogP contribution in [0.3, 0.4) is 0 Å². The van der Waals surface area contributed by atoms with Crippen molar-refractivity contribution in [2.24, 2.45) is 5.41 Å². The fourth-order valence-electron chi connectivity index (χ4n) is 2.11. The maximum absolute atomic E-state index is 12.4. The predicted octanol–water partition coefficient (Wildman–Crippen LogP) is 1.32. The number of carbonyl (C=O) groups is 2. The monoisotopic (exact) mass is 245 g/mol. The summed E-state index contributed by atoms with van der Waals surface area (Å²) in [5, 5.41) is 0. The number of nitrogens with zero attached hydrogens (tertiary/aromatic N) is 1. The van der Waals surface area contributed by atoms with Gasteiger partial charge >= 0.3 is 5.97 Å². The standard InChI is InChI=1S/C11H13F2NO3/c1-17-10(16)11(3-4-11)9(15)14-5-2-7(6-14)8(12)13/h2-6H2,1H3. The van der Waals surface area contributed by atoms with E-state index >= 15 is 0 Å². The van der Waals surface area contributed by atoms with Crippen LogP contribution in [-0.2, 0) is 14.3 Å². The second-order valence-corrected chi connectivity index (χ2v) is 4.41. The fraction of sp³-hybridized carbons (Fsp3) is 0.636. The van der Waals surface area contributed by atoms with Crippen molar-refractivity contribution < 1.29 is 23.1 Å². The van der Waals surface area contributed by atoms with Gasteiger partial charge in [-0.1, -0.05) is 0 Å². The molecule has 17 heavy (non-hydrogen) atoms. The largest absolute Gasteiger partial charge is 0.468 e. The van der Waals surface area contributed by atoms with Crippen molar-refractivity contribution in [3.8, 4) is 0 Å². The van der Waals surface area contributed by atoms with Gasteiger partial charge in [0.05, 0.1) is 7.11 Å². The van der Waals surface area contributed by atoms with Gasteiger partial charge in [0, 0.05) is 18.7 Å². The van der Waals surface area contributed by atoms with Crippen LogP contribution in [0.1, 0.15) is 19.3 Å². The molecule has 1 amide bonds. The van der Waals surface area contributed by atoms with Crippen molar-refractivity contribution in [2.75, 3.05) is 20.2 Å². The number of amides is 1. The van der Waals surface area contributed by atoms with Gasteiger partial charge in [0.2, 0.25) is 5.91 Å². The molecule has 0 unspecified atom stereocenters. The molecular weight excluding hydrogens is 232 g/mol. The fourth-order valence-corrected chi connectivity index (χ4v) is 2.11. The molecule has 0 aromatic carbocycles. The smallest absolute Gasteiger partial charge is 0.321 e. The number of likely N-dealkylation sites (tertiary alicyclic amines) is 1. The summed E-state index contributed by atoms with van der Waals surface area (Å²) in [5.41, 5.74) is -1.10. The van der Waals surface area contributed by atoms with Crippen LogP contribution in [0.25, 0.3) is 0 Å². The van der Waals surface area contributed by atoms with Crippen molar-refractivity contribution in [3.05, 3.63) is 11.7 Å². The number of hydrogen-bond donors (Lipinski definition) is 0. The molecule has 0 aromatic rings. The minimum absolute atomic E-state index is 0.0148. The van der Waals surface area contributed by atoms with Crippen molar-refractivity contribution in [1.82, 2.24) is 4.90 Å². The molecule has 0 spiro atoms. The van der Waals surface area contributed by atoms with Gasteiger partial charge in [-0.05, 0) is 19.3 Å². The quantitative estimate of drug-likeness (QED) is 0.544. The summed E-state index contributed by atoms with van der Waals surface area (Å²) in [4.78, 5) is 24.9. The lowest BCUT2D eigenvalue weighted by Crippen LogP contribution is -2.39. The van der Waals surface area contributed by atoms with Crippen LogP contribution >= 0.6 is 0 Å². The van der Waals surface area contributed by atoms with Crippen LogP contribution in [0.15, 0.2) is 11.7 Å². The van der Waals surface area contributed by atoms with E-state index < -0.39 is 17.5 Å². The van der Waals surface area contributed by atoms with E-state index in [1.54, 1.807) is 0 Å². The normalized spacial score (nSPS) is 21.4. The molecule has 0 N–H and O–H groups in total. The highest BCUT2D eigenvalue weighted by atomic mass is 19.3. The Morgan fingerprint density at radius 3 is 2.41 bits per heavy atom. The van der Waals surface area contributed by atoms with E-state index in [1.165, 1.54) is 12.0 Å². The first-order chi connectivity index (χ1) is 8.01. The lowest BCUT2D eigenvalue weighted by molar-refractivity contribution is -0.155. The van der Waals surface area contributed by atoms with Crippen molar-refractivity contribution in [3.63, 3.8) is 0 Å². The average molecular weight is 245 g/mol. The second kappa shape index (κ2) is 4.09. The van der Waals surface area contributed by atoms with Crippen LogP contribution in [0.4, 0.5) is 8.78 Å². The molecule has 1 heterocycles. The summed E-state index contributed by atoms with van der Waals surface area (Å²) in [6.07, 6.45) is -0.632. The van der Waals surface area contributed by atoms with E-state index in [-0.39, 0.29) is 31.0 Å². The van der Waals surface area contributed by atoms with E-state index in [1.807, 2.05) is 0 Å². The number of carbonyl (C=O) groups excluding carboxylic acids is 2. The summed E-state index contributed by atoms with van der Waals surface area (Å²) in [6.45, 7) is 0.185. The first kappa shape index (κ1) is 12.0. The molecule has 94 valence electrons. The minimum atomic E-state index is -1.72. The maximum Gasteiger partial charge on any atom is 0.321 e. The third-order valence-corrected chi connectivity index (χ3v) is 3.36. The molecule has 0 aromatic heterocycles. The Kier molecular flexibility index (Phi) is 2.89. The van der Waals surface area contributed by atoms with Crippen molar-refractivity contribution in [2.45, 2.75) is 19.3 Å². The number of methoxy groups -OCH3 is 1. The number of esters is 1. The van der Waals surface area contributed by atoms with Gasteiger partial charge in [0.25, 0.3) is 6.08 Å². The van der Waals surface area contributed by atoms with Gasteiger partial charge in [-0.15, -0.1) is 0 Å². The molecule has 1 aliphatic carbocycles. The molecule has 6 heteroatoms. The van der Waals surface area contributed by atoms with E-state index in [2.05, 4.69) is 4.74 Å². The predicted molar refractivity (Wildman–Crippen MR) is 54.1 cm³/mol. The Hall–Kier alpha value is -1.46. The van der Waals surface area contributed by atoms with E-state index in [0.29, 0.717) is 12.8 Å². The van der Waals surface area contributed by atoms with Crippen LogP contribution in [0.2, 0.25) is 0 Å². The Morgan fingerprint density at radius 1 is 1.35 bits per heavy atom. The van der Waals surface area contributed by atoms with E-state index in [0.717, 1.165) is 0 Å². The van der Waals surface area contributed by atoms with Crippen LogP contribution in [0, 0.1) is 5.41 Å². The van der Waals surface area contributed by atoms with E-state index in [9.17, 15) is 18.4 Å². The van der Waals surface area contributed by atoms with Gasteiger partial charge in [0.1, 0.15) is 5.41 Å². The lowest BCUT2D eigenvalue weighted by atomic mass is 10.1. The maximum atomic E-state index is 12.4. The molecule has 0 bridgehead atoms. The highest BCUT2D eigenvalue weighted by Crippen LogP contribution is 2.48. The first-order valence-electron chi connectivity index (χ1n) is 5.42. The van der Waals surface area contributed by atoms with Gasteiger partial charge in [-0.3, -0.25) is 9.59 Å². The third-order valence-electron chi connectivity index (χ3n) is 3.36. The van der Waals surface area contributed by atoms with Gasteiger partial charge < -0.3 is 9.64 Å². The zero-order valence-electron chi connectivity index (χ0n) is 9.46. The van der Waals surface area contributed by atoms with Crippen LogP contribution < -0.4 is 0 Å². The van der Waals surface area contributed by atoms with Crippen LogP contribution in [-0.4, -0.2) is 37.0 Å². The summed E-state index contributed by atoms with van der Waals surface area (Å²) in [7, 11) is 1.23. The van der Waals surface area contributed by atoms with Gasteiger partial charge in [0.15, 0.2) is 0 Å². The topological polar surface area (TPSA) is 46.6 Å². The molecule has 2 aliphatic rings. The highest BCUT2D eigenvalue weighted by Gasteiger charge is 2.59. The molecule has 2 fully saturated rings. The number of ether oxygens (including phenoxy) is 1. The summed E-state index contributed by atoms with van der Waals surface area (Å²) < 4.78 is 29.3. The molecule has 1 saturated heterocycles. The average Bonchev–Trinajstić information content (AvgIpc) is 2.97. The Bertz CT molecular complexity index is 398. The zero-order valence-corrected chi connectivity index (χ0v) is 9.46. The molecular formula is C11H13F2NO3. The highest BCUT2D eigenvalue weighted by molar-refractivity contribution is 6.05. The molecule has 2 rings (SSSR count).